The van der Waals surface area contributed by atoms with Gasteiger partial charge in [0.2, 0.25) is 0 Å². The Hall–Kier alpha value is -2.56. The van der Waals surface area contributed by atoms with Gasteiger partial charge >= 0.3 is 0 Å². The maximum atomic E-state index is 12.2. The molecule has 3 rings (SSSR count). The van der Waals surface area contributed by atoms with Gasteiger partial charge < -0.3 is 15.0 Å². The normalized spacial score (nSPS) is 13.8. The Morgan fingerprint density at radius 2 is 1.80 bits per heavy atom. The summed E-state index contributed by atoms with van der Waals surface area (Å²) in [6.07, 6.45) is 2.43. The maximum Gasteiger partial charge on any atom is 0.262 e. The molecule has 1 saturated heterocycles. The first kappa shape index (κ1) is 17.3. The number of nitrogens with one attached hydrogen (secondary N) is 1. The quantitative estimate of drug-likeness (QED) is 0.904. The third-order valence-electron chi connectivity index (χ3n) is 4.53. The first-order valence-corrected chi connectivity index (χ1v) is 8.76. The molecule has 0 spiro atoms. The number of hydrogen-bond donors (Lipinski definition) is 1. The first-order chi connectivity index (χ1) is 12.0. The van der Waals surface area contributed by atoms with Gasteiger partial charge in [0.25, 0.3) is 5.91 Å². The molecule has 1 amide bonds. The number of amides is 1. The monoisotopic (exact) mass is 339 g/mol. The van der Waals surface area contributed by atoms with Gasteiger partial charge in [-0.2, -0.15) is 0 Å². The van der Waals surface area contributed by atoms with Crippen LogP contribution in [0.3, 0.4) is 0 Å². The second-order valence-corrected chi connectivity index (χ2v) is 6.55. The molecule has 1 aliphatic rings. The first-order valence-electron chi connectivity index (χ1n) is 8.76. The number of nitrogens with zero attached hydrogens (tertiary/aromatic N) is 2. The topological polar surface area (TPSA) is 54.5 Å². The molecule has 0 atom stereocenters. The van der Waals surface area contributed by atoms with Crippen molar-refractivity contribution >= 4 is 17.4 Å². The standard InChI is InChI=1S/C20H25N3O2/c1-14-7-6-8-15(2)20(14)25-13-19(24)22-17-9-10-18(21-16(17)3)23-11-4-5-12-23/h6-10H,4-5,11-13H2,1-3H3,(H,22,24). The van der Waals surface area contributed by atoms with Gasteiger partial charge in [-0.3, -0.25) is 4.79 Å². The molecule has 25 heavy (non-hydrogen) atoms. The van der Waals surface area contributed by atoms with Gasteiger partial charge in [0.15, 0.2) is 6.61 Å². The summed E-state index contributed by atoms with van der Waals surface area (Å²) in [5, 5.41) is 2.89. The molecule has 0 unspecified atom stereocenters. The number of hydrogen-bond acceptors (Lipinski definition) is 4. The number of rotatable bonds is 5. The largest absolute Gasteiger partial charge is 0.483 e. The van der Waals surface area contributed by atoms with Crippen molar-refractivity contribution in [3.63, 3.8) is 0 Å². The average Bonchev–Trinajstić information content (AvgIpc) is 3.11. The van der Waals surface area contributed by atoms with Crippen LogP contribution in [0.4, 0.5) is 11.5 Å². The summed E-state index contributed by atoms with van der Waals surface area (Å²) < 4.78 is 5.71. The zero-order valence-corrected chi connectivity index (χ0v) is 15.1. The second kappa shape index (κ2) is 7.55. The molecule has 132 valence electrons. The number of benzene rings is 1. The highest BCUT2D eigenvalue weighted by atomic mass is 16.5. The van der Waals surface area contributed by atoms with Crippen LogP contribution in [0.2, 0.25) is 0 Å². The Balaban J connectivity index is 1.61. The van der Waals surface area contributed by atoms with E-state index in [0.29, 0.717) is 0 Å². The highest BCUT2D eigenvalue weighted by Gasteiger charge is 2.15. The molecular weight excluding hydrogens is 314 g/mol. The summed E-state index contributed by atoms with van der Waals surface area (Å²) in [7, 11) is 0. The Kier molecular flexibility index (Phi) is 5.22. The fraction of sp³-hybridized carbons (Fsp3) is 0.400. The van der Waals surface area contributed by atoms with E-state index in [9.17, 15) is 4.79 Å². The molecule has 5 heteroatoms. The second-order valence-electron chi connectivity index (χ2n) is 6.55. The van der Waals surface area contributed by atoms with E-state index in [-0.39, 0.29) is 12.5 Å². The summed E-state index contributed by atoms with van der Waals surface area (Å²) in [6.45, 7) is 7.97. The van der Waals surface area contributed by atoms with Crippen molar-refractivity contribution in [1.29, 1.82) is 0 Å². The molecule has 1 aliphatic heterocycles. The predicted octanol–water partition coefficient (Wildman–Crippen LogP) is 3.62. The van der Waals surface area contributed by atoms with E-state index in [2.05, 4.69) is 15.2 Å². The summed E-state index contributed by atoms with van der Waals surface area (Å²) in [5.41, 5.74) is 3.61. The van der Waals surface area contributed by atoms with E-state index in [1.165, 1.54) is 12.8 Å². The molecule has 2 aromatic rings. The van der Waals surface area contributed by atoms with Crippen LogP contribution < -0.4 is 15.0 Å². The van der Waals surface area contributed by atoms with E-state index in [1.54, 1.807) is 0 Å². The molecule has 0 aliphatic carbocycles. The molecule has 0 radical (unpaired) electrons. The van der Waals surface area contributed by atoms with E-state index in [4.69, 9.17) is 4.74 Å². The SMILES string of the molecule is Cc1cccc(C)c1OCC(=O)Nc1ccc(N2CCCC2)nc1C. The fourth-order valence-electron chi connectivity index (χ4n) is 3.15. The van der Waals surface area contributed by atoms with Crippen molar-refractivity contribution in [3.05, 3.63) is 47.2 Å². The maximum absolute atomic E-state index is 12.2. The van der Waals surface area contributed by atoms with Gasteiger partial charge in [-0.15, -0.1) is 0 Å². The van der Waals surface area contributed by atoms with E-state index >= 15 is 0 Å². The Morgan fingerprint density at radius 1 is 1.12 bits per heavy atom. The summed E-state index contributed by atoms with van der Waals surface area (Å²) >= 11 is 0. The van der Waals surface area contributed by atoms with Gasteiger partial charge in [-0.05, 0) is 56.9 Å². The lowest BCUT2D eigenvalue weighted by molar-refractivity contribution is -0.118. The Bertz CT molecular complexity index is 747. The summed E-state index contributed by atoms with van der Waals surface area (Å²) in [6, 6.07) is 9.83. The van der Waals surface area contributed by atoms with Crippen molar-refractivity contribution in [2.75, 3.05) is 29.9 Å². The number of aromatic nitrogens is 1. The lowest BCUT2D eigenvalue weighted by Gasteiger charge is -2.18. The van der Waals surface area contributed by atoms with Crippen LogP contribution in [0.5, 0.6) is 5.75 Å². The van der Waals surface area contributed by atoms with Crippen LogP contribution in [-0.2, 0) is 4.79 Å². The molecule has 0 saturated carbocycles. The zero-order valence-electron chi connectivity index (χ0n) is 15.1. The Morgan fingerprint density at radius 3 is 2.44 bits per heavy atom. The number of carbonyl (C=O) groups excluding carboxylic acids is 1. The number of para-hydroxylation sites is 1. The smallest absolute Gasteiger partial charge is 0.262 e. The van der Waals surface area contributed by atoms with Gasteiger partial charge in [-0.1, -0.05) is 18.2 Å². The zero-order chi connectivity index (χ0) is 17.8. The minimum Gasteiger partial charge on any atom is -0.483 e. The number of ether oxygens (including phenoxy) is 1. The summed E-state index contributed by atoms with van der Waals surface area (Å²) in [5.74, 6) is 1.58. The molecular formula is C20H25N3O2. The fourth-order valence-corrected chi connectivity index (χ4v) is 3.15. The molecule has 5 nitrogen and oxygen atoms in total. The van der Waals surface area contributed by atoms with Crippen molar-refractivity contribution in [1.82, 2.24) is 4.98 Å². The number of pyridine rings is 1. The molecule has 1 aromatic heterocycles. The van der Waals surface area contributed by atoms with Crippen LogP contribution in [0.25, 0.3) is 0 Å². The van der Waals surface area contributed by atoms with E-state index in [1.807, 2.05) is 51.1 Å². The lowest BCUT2D eigenvalue weighted by Crippen LogP contribution is -2.22. The molecule has 2 heterocycles. The van der Waals surface area contributed by atoms with Crippen LogP contribution in [-0.4, -0.2) is 30.6 Å². The van der Waals surface area contributed by atoms with Crippen molar-refractivity contribution in [3.8, 4) is 5.75 Å². The third-order valence-corrected chi connectivity index (χ3v) is 4.53. The van der Waals surface area contributed by atoms with Crippen molar-refractivity contribution < 1.29 is 9.53 Å². The van der Waals surface area contributed by atoms with Crippen LogP contribution in [0, 0.1) is 20.8 Å². The van der Waals surface area contributed by atoms with Crippen LogP contribution >= 0.6 is 0 Å². The van der Waals surface area contributed by atoms with Crippen molar-refractivity contribution in [2.24, 2.45) is 0 Å². The minimum atomic E-state index is -0.179. The number of anilines is 2. The molecule has 1 aromatic carbocycles. The highest BCUT2D eigenvalue weighted by molar-refractivity contribution is 5.92. The highest BCUT2D eigenvalue weighted by Crippen LogP contribution is 2.23. The Labute approximate surface area is 149 Å². The molecule has 1 fully saturated rings. The number of carbonyl (C=O) groups is 1. The third kappa shape index (κ3) is 4.10. The van der Waals surface area contributed by atoms with Crippen molar-refractivity contribution in [2.45, 2.75) is 33.6 Å². The number of aryl methyl sites for hydroxylation is 3. The van der Waals surface area contributed by atoms with Crippen LogP contribution in [0.15, 0.2) is 30.3 Å². The van der Waals surface area contributed by atoms with Gasteiger partial charge in [0, 0.05) is 13.1 Å². The van der Waals surface area contributed by atoms with Gasteiger partial charge in [-0.25, -0.2) is 4.98 Å². The van der Waals surface area contributed by atoms with Gasteiger partial charge in [0.05, 0.1) is 11.4 Å². The summed E-state index contributed by atoms with van der Waals surface area (Å²) in [4.78, 5) is 19.1. The molecule has 1 N–H and O–H groups in total. The predicted molar refractivity (Wildman–Crippen MR) is 100 cm³/mol. The average molecular weight is 339 g/mol. The van der Waals surface area contributed by atoms with Gasteiger partial charge in [0.1, 0.15) is 11.6 Å². The molecule has 0 bridgehead atoms. The van der Waals surface area contributed by atoms with E-state index < -0.39 is 0 Å². The van der Waals surface area contributed by atoms with E-state index in [0.717, 1.165) is 47.2 Å². The minimum absolute atomic E-state index is 0.0149. The van der Waals surface area contributed by atoms with Crippen LogP contribution in [0.1, 0.15) is 29.7 Å². The lowest BCUT2D eigenvalue weighted by atomic mass is 10.1.